The normalized spacial score (nSPS) is 10.6. The third-order valence-electron chi connectivity index (χ3n) is 3.05. The fraction of sp³-hybridized carbons (Fsp3) is 0. The highest BCUT2D eigenvalue weighted by Gasteiger charge is 2.09. The van der Waals surface area contributed by atoms with Gasteiger partial charge in [-0.05, 0) is 48.1 Å². The molecule has 0 bridgehead atoms. The summed E-state index contributed by atoms with van der Waals surface area (Å²) in [5.74, 6) is 0.337. The lowest BCUT2D eigenvalue weighted by molar-refractivity contribution is 0.474. The van der Waals surface area contributed by atoms with Crippen LogP contribution < -0.4 is 0 Å². The van der Waals surface area contributed by atoms with Crippen molar-refractivity contribution in [2.75, 3.05) is 0 Å². The summed E-state index contributed by atoms with van der Waals surface area (Å²) in [6.07, 6.45) is 3.57. The number of aromatic hydroxyl groups is 2. The molecule has 0 aliphatic rings. The highest BCUT2D eigenvalue weighted by Crippen LogP contribution is 2.32. The van der Waals surface area contributed by atoms with Crippen molar-refractivity contribution in [3.05, 3.63) is 59.6 Å². The van der Waals surface area contributed by atoms with Crippen molar-refractivity contribution >= 4 is 12.2 Å². The van der Waals surface area contributed by atoms with E-state index in [1.165, 1.54) is 0 Å². The standard InChI is InChI=1S/C15H12N2O2S/c18-11-3-1-2-10(8-11)13-9-12(19)4-5-14(13)17-7-6-16-15(17)20/h1-9,18-19H,(H,16,20). The van der Waals surface area contributed by atoms with E-state index in [2.05, 4.69) is 4.98 Å². The minimum atomic E-state index is 0.161. The van der Waals surface area contributed by atoms with Crippen LogP contribution in [0, 0.1) is 4.77 Å². The number of aromatic amines is 1. The van der Waals surface area contributed by atoms with E-state index in [4.69, 9.17) is 12.2 Å². The summed E-state index contributed by atoms with van der Waals surface area (Å²) in [5, 5.41) is 19.4. The van der Waals surface area contributed by atoms with Gasteiger partial charge >= 0.3 is 0 Å². The van der Waals surface area contributed by atoms with Crippen LogP contribution in [-0.4, -0.2) is 19.8 Å². The molecule has 3 rings (SSSR count). The van der Waals surface area contributed by atoms with Crippen molar-refractivity contribution < 1.29 is 10.2 Å². The average molecular weight is 284 g/mol. The maximum atomic E-state index is 9.73. The molecule has 0 atom stereocenters. The SMILES string of the molecule is Oc1cccc(-c2cc(O)ccc2-n2cc[nH]c2=S)c1. The van der Waals surface area contributed by atoms with Crippen LogP contribution in [0.3, 0.4) is 0 Å². The molecular formula is C15H12N2O2S. The number of phenolic OH excluding ortho intramolecular Hbond substituents is 2. The van der Waals surface area contributed by atoms with Gasteiger partial charge in [-0.25, -0.2) is 0 Å². The summed E-state index contributed by atoms with van der Waals surface area (Å²) >= 11 is 5.23. The Bertz CT molecular complexity index is 820. The van der Waals surface area contributed by atoms with Crippen LogP contribution in [0.15, 0.2) is 54.9 Å². The van der Waals surface area contributed by atoms with E-state index < -0.39 is 0 Å². The van der Waals surface area contributed by atoms with Gasteiger partial charge in [0.2, 0.25) is 0 Å². The topological polar surface area (TPSA) is 61.2 Å². The van der Waals surface area contributed by atoms with Crippen LogP contribution in [0.5, 0.6) is 11.5 Å². The maximum Gasteiger partial charge on any atom is 0.181 e. The second-order valence-electron chi connectivity index (χ2n) is 4.39. The number of hydrogen-bond donors (Lipinski definition) is 3. The van der Waals surface area contributed by atoms with Crippen molar-refractivity contribution in [2.45, 2.75) is 0 Å². The molecule has 2 aromatic carbocycles. The van der Waals surface area contributed by atoms with E-state index in [-0.39, 0.29) is 11.5 Å². The minimum Gasteiger partial charge on any atom is -0.508 e. The molecule has 0 aliphatic heterocycles. The molecule has 0 saturated heterocycles. The van der Waals surface area contributed by atoms with Crippen LogP contribution >= 0.6 is 12.2 Å². The van der Waals surface area contributed by atoms with Crippen LogP contribution in [0.1, 0.15) is 0 Å². The van der Waals surface area contributed by atoms with E-state index in [1.54, 1.807) is 42.6 Å². The Balaban J connectivity index is 2.27. The fourth-order valence-corrected chi connectivity index (χ4v) is 2.38. The Kier molecular flexibility index (Phi) is 3.04. The van der Waals surface area contributed by atoms with Crippen molar-refractivity contribution in [3.8, 4) is 28.3 Å². The first kappa shape index (κ1) is 12.5. The first-order valence-corrected chi connectivity index (χ1v) is 6.45. The molecule has 0 unspecified atom stereocenters. The molecule has 0 saturated carbocycles. The Morgan fingerprint density at radius 2 is 1.80 bits per heavy atom. The molecule has 3 N–H and O–H groups in total. The van der Waals surface area contributed by atoms with Gasteiger partial charge in [-0.1, -0.05) is 12.1 Å². The van der Waals surface area contributed by atoms with Gasteiger partial charge in [-0.15, -0.1) is 0 Å². The number of imidazole rings is 1. The molecule has 100 valence electrons. The van der Waals surface area contributed by atoms with Crippen molar-refractivity contribution in [3.63, 3.8) is 0 Å². The van der Waals surface area contributed by atoms with E-state index in [0.29, 0.717) is 4.77 Å². The average Bonchev–Trinajstić information content (AvgIpc) is 2.85. The Morgan fingerprint density at radius 3 is 2.50 bits per heavy atom. The van der Waals surface area contributed by atoms with Gasteiger partial charge < -0.3 is 15.2 Å². The van der Waals surface area contributed by atoms with Gasteiger partial charge in [0.15, 0.2) is 4.77 Å². The third-order valence-corrected chi connectivity index (χ3v) is 3.36. The summed E-state index contributed by atoms with van der Waals surface area (Å²) in [7, 11) is 0. The minimum absolute atomic E-state index is 0.161. The second kappa shape index (κ2) is 4.86. The molecule has 3 aromatic rings. The summed E-state index contributed by atoms with van der Waals surface area (Å²) in [6, 6.07) is 11.9. The first-order valence-electron chi connectivity index (χ1n) is 6.04. The third kappa shape index (κ3) is 2.19. The second-order valence-corrected chi connectivity index (χ2v) is 4.77. The number of phenols is 2. The van der Waals surface area contributed by atoms with E-state index in [0.717, 1.165) is 16.8 Å². The Labute approximate surface area is 120 Å². The Morgan fingerprint density at radius 1 is 1.00 bits per heavy atom. The number of benzene rings is 2. The molecule has 0 fully saturated rings. The molecule has 0 radical (unpaired) electrons. The van der Waals surface area contributed by atoms with Gasteiger partial charge in [-0.3, -0.25) is 4.57 Å². The maximum absolute atomic E-state index is 9.73. The zero-order chi connectivity index (χ0) is 14.1. The molecule has 0 aliphatic carbocycles. The highest BCUT2D eigenvalue weighted by molar-refractivity contribution is 7.71. The lowest BCUT2D eigenvalue weighted by Crippen LogP contribution is -1.95. The van der Waals surface area contributed by atoms with Crippen molar-refractivity contribution in [1.82, 2.24) is 9.55 Å². The number of H-pyrrole nitrogens is 1. The van der Waals surface area contributed by atoms with E-state index in [9.17, 15) is 10.2 Å². The Hall–Kier alpha value is -2.53. The van der Waals surface area contributed by atoms with Gasteiger partial charge in [0.25, 0.3) is 0 Å². The van der Waals surface area contributed by atoms with E-state index >= 15 is 0 Å². The van der Waals surface area contributed by atoms with Crippen LogP contribution in [0.25, 0.3) is 16.8 Å². The monoisotopic (exact) mass is 284 g/mol. The smallest absolute Gasteiger partial charge is 0.181 e. The molecule has 1 aromatic heterocycles. The largest absolute Gasteiger partial charge is 0.508 e. The van der Waals surface area contributed by atoms with Crippen LogP contribution in [0.2, 0.25) is 0 Å². The van der Waals surface area contributed by atoms with Gasteiger partial charge in [0.1, 0.15) is 11.5 Å². The van der Waals surface area contributed by atoms with Gasteiger partial charge in [0.05, 0.1) is 5.69 Å². The zero-order valence-corrected chi connectivity index (χ0v) is 11.3. The number of rotatable bonds is 2. The summed E-state index contributed by atoms with van der Waals surface area (Å²) in [4.78, 5) is 2.94. The fourth-order valence-electron chi connectivity index (χ4n) is 2.15. The van der Waals surface area contributed by atoms with Crippen LogP contribution in [-0.2, 0) is 0 Å². The quantitative estimate of drug-likeness (QED) is 0.630. The number of nitrogens with zero attached hydrogens (tertiary/aromatic N) is 1. The van der Waals surface area contributed by atoms with Gasteiger partial charge in [-0.2, -0.15) is 0 Å². The summed E-state index contributed by atoms with van der Waals surface area (Å²) in [6.45, 7) is 0. The molecule has 20 heavy (non-hydrogen) atoms. The van der Waals surface area contributed by atoms with Crippen LogP contribution in [0.4, 0.5) is 0 Å². The van der Waals surface area contributed by atoms with Crippen molar-refractivity contribution in [1.29, 1.82) is 0 Å². The molecule has 0 spiro atoms. The molecular weight excluding hydrogens is 272 g/mol. The summed E-state index contributed by atoms with van der Waals surface area (Å²) in [5.41, 5.74) is 2.43. The number of hydrogen-bond acceptors (Lipinski definition) is 3. The zero-order valence-electron chi connectivity index (χ0n) is 10.4. The lowest BCUT2D eigenvalue weighted by Gasteiger charge is -2.11. The predicted octanol–water partition coefficient (Wildman–Crippen LogP) is 3.61. The summed E-state index contributed by atoms with van der Waals surface area (Å²) < 4.78 is 2.38. The molecule has 4 nitrogen and oxygen atoms in total. The van der Waals surface area contributed by atoms with E-state index in [1.807, 2.05) is 16.8 Å². The lowest BCUT2D eigenvalue weighted by atomic mass is 10.0. The van der Waals surface area contributed by atoms with Crippen molar-refractivity contribution in [2.24, 2.45) is 0 Å². The first-order chi connectivity index (χ1) is 9.65. The highest BCUT2D eigenvalue weighted by atomic mass is 32.1. The molecule has 1 heterocycles. The number of nitrogens with one attached hydrogen (secondary N) is 1. The predicted molar refractivity (Wildman–Crippen MR) is 79.7 cm³/mol. The molecule has 5 heteroatoms. The molecule has 0 amide bonds. The van der Waals surface area contributed by atoms with Gasteiger partial charge in [0, 0.05) is 18.0 Å². The number of aromatic nitrogens is 2.